The van der Waals surface area contributed by atoms with Crippen molar-refractivity contribution in [1.82, 2.24) is 9.62 Å². The van der Waals surface area contributed by atoms with Crippen LogP contribution in [0.2, 0.25) is 0 Å². The molecule has 1 saturated heterocycles. The Kier molecular flexibility index (Phi) is 6.38. The highest BCUT2D eigenvalue weighted by Crippen LogP contribution is 2.20. The molecular weight excluding hydrogens is 364 g/mol. The molecule has 2 aromatic rings. The molecule has 1 N–H and O–H groups in total. The van der Waals surface area contributed by atoms with Crippen molar-refractivity contribution in [2.24, 2.45) is 0 Å². The molecular formula is C20H24N2O4S. The molecule has 27 heavy (non-hydrogen) atoms. The van der Waals surface area contributed by atoms with Gasteiger partial charge in [0, 0.05) is 25.2 Å². The van der Waals surface area contributed by atoms with Gasteiger partial charge in [0.25, 0.3) is 0 Å². The fourth-order valence-corrected chi connectivity index (χ4v) is 4.34. The first-order valence-electron chi connectivity index (χ1n) is 8.94. The number of ether oxygens (including phenoxy) is 1. The van der Waals surface area contributed by atoms with E-state index in [0.29, 0.717) is 25.3 Å². The Morgan fingerprint density at radius 2 is 1.81 bits per heavy atom. The van der Waals surface area contributed by atoms with Crippen molar-refractivity contribution in [2.45, 2.75) is 17.9 Å². The van der Waals surface area contributed by atoms with E-state index in [4.69, 9.17) is 4.74 Å². The average molecular weight is 388 g/mol. The van der Waals surface area contributed by atoms with E-state index >= 15 is 0 Å². The maximum atomic E-state index is 13.0. The molecule has 0 unspecified atom stereocenters. The first-order chi connectivity index (χ1) is 13.0. The van der Waals surface area contributed by atoms with Crippen LogP contribution in [-0.4, -0.2) is 51.9 Å². The van der Waals surface area contributed by atoms with Gasteiger partial charge in [0.2, 0.25) is 10.0 Å². The minimum Gasteiger partial charge on any atom is -0.379 e. The number of carbonyl (C=O) groups excluding carboxylic acids is 1. The SMILES string of the molecule is CC(=O)c1cccc(S(=O)(=O)N[C@H](CN2CCOCC2)c2ccccc2)c1. The van der Waals surface area contributed by atoms with Crippen molar-refractivity contribution in [1.29, 1.82) is 0 Å². The van der Waals surface area contributed by atoms with Crippen LogP contribution in [0.3, 0.4) is 0 Å². The van der Waals surface area contributed by atoms with Gasteiger partial charge in [0.15, 0.2) is 5.78 Å². The number of rotatable bonds is 7. The number of carbonyl (C=O) groups is 1. The van der Waals surface area contributed by atoms with Crippen molar-refractivity contribution >= 4 is 15.8 Å². The van der Waals surface area contributed by atoms with E-state index in [-0.39, 0.29) is 10.7 Å². The quantitative estimate of drug-likeness (QED) is 0.736. The average Bonchev–Trinajstić information content (AvgIpc) is 2.69. The summed E-state index contributed by atoms with van der Waals surface area (Å²) in [5.74, 6) is -0.167. The van der Waals surface area contributed by atoms with Crippen molar-refractivity contribution in [3.63, 3.8) is 0 Å². The van der Waals surface area contributed by atoms with Gasteiger partial charge in [-0.15, -0.1) is 0 Å². The molecule has 1 aliphatic heterocycles. The Morgan fingerprint density at radius 3 is 2.48 bits per heavy atom. The standard InChI is InChI=1S/C20H24N2O4S/c1-16(23)18-8-5-9-19(14-18)27(24,25)21-20(17-6-3-2-4-7-17)15-22-10-12-26-13-11-22/h2-9,14,20-21H,10-13,15H2,1H3/t20-/m1/s1. The zero-order valence-corrected chi connectivity index (χ0v) is 16.1. The lowest BCUT2D eigenvalue weighted by Crippen LogP contribution is -2.43. The van der Waals surface area contributed by atoms with Gasteiger partial charge in [-0.25, -0.2) is 13.1 Å². The summed E-state index contributed by atoms with van der Waals surface area (Å²) in [5, 5.41) is 0. The fourth-order valence-electron chi connectivity index (χ4n) is 3.08. The Labute approximate surface area is 160 Å². The number of nitrogens with zero attached hydrogens (tertiary/aromatic N) is 1. The molecule has 2 aromatic carbocycles. The highest BCUT2D eigenvalue weighted by molar-refractivity contribution is 7.89. The van der Waals surface area contributed by atoms with Crippen molar-refractivity contribution in [3.05, 3.63) is 65.7 Å². The summed E-state index contributed by atoms with van der Waals surface area (Å²) in [4.78, 5) is 13.9. The summed E-state index contributed by atoms with van der Waals surface area (Å²) in [6, 6.07) is 15.3. The summed E-state index contributed by atoms with van der Waals surface area (Å²) in [6.07, 6.45) is 0. The molecule has 6 nitrogen and oxygen atoms in total. The monoisotopic (exact) mass is 388 g/mol. The fraction of sp³-hybridized carbons (Fsp3) is 0.350. The van der Waals surface area contributed by atoms with E-state index in [1.54, 1.807) is 12.1 Å². The third-order valence-corrected chi connectivity index (χ3v) is 6.06. The number of benzene rings is 2. The Hall–Kier alpha value is -2.06. The second kappa shape index (κ2) is 8.75. The first kappa shape index (κ1) is 19.7. The maximum Gasteiger partial charge on any atom is 0.241 e. The van der Waals surface area contributed by atoms with Crippen LogP contribution in [0.5, 0.6) is 0 Å². The number of sulfonamides is 1. The van der Waals surface area contributed by atoms with Crippen molar-refractivity contribution < 1.29 is 17.9 Å². The van der Waals surface area contributed by atoms with Crippen molar-refractivity contribution in [2.75, 3.05) is 32.8 Å². The third kappa shape index (κ3) is 5.23. The number of hydrogen-bond acceptors (Lipinski definition) is 5. The zero-order chi connectivity index (χ0) is 19.3. The molecule has 0 aromatic heterocycles. The van der Waals surface area contributed by atoms with Gasteiger partial charge in [-0.2, -0.15) is 0 Å². The topological polar surface area (TPSA) is 75.7 Å². The van der Waals surface area contributed by atoms with Crippen LogP contribution in [0.1, 0.15) is 28.9 Å². The third-order valence-electron chi connectivity index (χ3n) is 4.59. The summed E-state index contributed by atoms with van der Waals surface area (Å²) in [7, 11) is -3.77. The highest BCUT2D eigenvalue weighted by atomic mass is 32.2. The number of morpholine rings is 1. The summed E-state index contributed by atoms with van der Waals surface area (Å²) in [6.45, 7) is 4.81. The molecule has 1 heterocycles. The van der Waals surface area contributed by atoms with Crippen LogP contribution in [-0.2, 0) is 14.8 Å². The Morgan fingerprint density at radius 1 is 1.11 bits per heavy atom. The molecule has 0 radical (unpaired) electrons. The number of ketones is 1. The second-order valence-corrected chi connectivity index (χ2v) is 8.30. The van der Waals surface area contributed by atoms with E-state index in [0.717, 1.165) is 18.7 Å². The Balaban J connectivity index is 1.86. The number of hydrogen-bond donors (Lipinski definition) is 1. The summed E-state index contributed by atoms with van der Waals surface area (Å²) in [5.41, 5.74) is 1.28. The van der Waals surface area contributed by atoms with E-state index in [9.17, 15) is 13.2 Å². The molecule has 0 saturated carbocycles. The molecule has 3 rings (SSSR count). The molecule has 1 aliphatic rings. The van der Waals surface area contributed by atoms with Gasteiger partial charge in [-0.1, -0.05) is 42.5 Å². The zero-order valence-electron chi connectivity index (χ0n) is 15.3. The summed E-state index contributed by atoms with van der Waals surface area (Å²) >= 11 is 0. The van der Waals surface area contributed by atoms with E-state index < -0.39 is 16.1 Å². The van der Waals surface area contributed by atoms with Gasteiger partial charge in [0.1, 0.15) is 0 Å². The number of Topliss-reactive ketones (excluding diaryl/α,β-unsaturated/α-hetero) is 1. The minimum absolute atomic E-state index is 0.0955. The van der Waals surface area contributed by atoms with E-state index in [1.807, 2.05) is 30.3 Å². The molecule has 144 valence electrons. The smallest absolute Gasteiger partial charge is 0.241 e. The van der Waals surface area contributed by atoms with Gasteiger partial charge >= 0.3 is 0 Å². The van der Waals surface area contributed by atoms with Crippen LogP contribution in [0.4, 0.5) is 0 Å². The van der Waals surface area contributed by atoms with Crippen molar-refractivity contribution in [3.8, 4) is 0 Å². The lowest BCUT2D eigenvalue weighted by molar-refractivity contribution is 0.0345. The first-order valence-corrected chi connectivity index (χ1v) is 10.4. The van der Waals surface area contributed by atoms with Gasteiger partial charge in [-0.3, -0.25) is 9.69 Å². The van der Waals surface area contributed by atoms with Gasteiger partial charge in [-0.05, 0) is 24.6 Å². The van der Waals surface area contributed by atoms with Gasteiger partial charge in [0.05, 0.1) is 24.2 Å². The Bertz CT molecular complexity index is 878. The normalized spacial score (nSPS) is 16.8. The molecule has 0 aliphatic carbocycles. The number of nitrogens with one attached hydrogen (secondary N) is 1. The minimum atomic E-state index is -3.77. The van der Waals surface area contributed by atoms with Crippen LogP contribution in [0, 0.1) is 0 Å². The predicted molar refractivity (Wildman–Crippen MR) is 103 cm³/mol. The highest BCUT2D eigenvalue weighted by Gasteiger charge is 2.24. The van der Waals surface area contributed by atoms with E-state index in [1.165, 1.54) is 19.1 Å². The molecule has 0 spiro atoms. The molecule has 0 bridgehead atoms. The van der Waals surface area contributed by atoms with Crippen LogP contribution >= 0.6 is 0 Å². The molecule has 1 atom stereocenters. The van der Waals surface area contributed by atoms with Crippen LogP contribution in [0.25, 0.3) is 0 Å². The van der Waals surface area contributed by atoms with Gasteiger partial charge < -0.3 is 4.74 Å². The summed E-state index contributed by atoms with van der Waals surface area (Å²) < 4.78 is 34.1. The maximum absolute atomic E-state index is 13.0. The molecule has 1 fully saturated rings. The van der Waals surface area contributed by atoms with Crippen LogP contribution in [0.15, 0.2) is 59.5 Å². The molecule has 0 amide bonds. The molecule has 7 heteroatoms. The van der Waals surface area contributed by atoms with Crippen LogP contribution < -0.4 is 4.72 Å². The lowest BCUT2D eigenvalue weighted by atomic mass is 10.1. The van der Waals surface area contributed by atoms with E-state index in [2.05, 4.69) is 9.62 Å². The lowest BCUT2D eigenvalue weighted by Gasteiger charge is -2.31. The second-order valence-electron chi connectivity index (χ2n) is 6.58. The predicted octanol–water partition coefficient (Wildman–Crippen LogP) is 2.24. The largest absolute Gasteiger partial charge is 0.379 e.